The first-order valence-electron chi connectivity index (χ1n) is 8.80. The van der Waals surface area contributed by atoms with Crippen LogP contribution in [0.15, 0.2) is 47.5 Å². The van der Waals surface area contributed by atoms with Crippen LogP contribution in [-0.2, 0) is 6.54 Å². The number of hydrogen-bond acceptors (Lipinski definition) is 2. The van der Waals surface area contributed by atoms with Crippen molar-refractivity contribution in [2.24, 2.45) is 4.99 Å². The Morgan fingerprint density at radius 3 is 2.52 bits per heavy atom. The maximum absolute atomic E-state index is 13.5. The number of carbonyl (C=O) groups excluding carboxylic acids is 1. The van der Waals surface area contributed by atoms with Gasteiger partial charge >= 0.3 is 0 Å². The fourth-order valence-electron chi connectivity index (χ4n) is 2.34. The van der Waals surface area contributed by atoms with Crippen LogP contribution < -0.4 is 16.0 Å². The summed E-state index contributed by atoms with van der Waals surface area (Å²) >= 11 is 0. The molecule has 0 aliphatic rings. The van der Waals surface area contributed by atoms with Crippen molar-refractivity contribution in [3.63, 3.8) is 0 Å². The number of guanidine groups is 1. The zero-order valence-electron chi connectivity index (χ0n) is 15.5. The smallest absolute Gasteiger partial charge is 0.251 e. The Morgan fingerprint density at radius 1 is 1.04 bits per heavy atom. The predicted molar refractivity (Wildman–Crippen MR) is 103 cm³/mol. The Bertz CT molecular complexity index is 808. The van der Waals surface area contributed by atoms with E-state index >= 15 is 0 Å². The van der Waals surface area contributed by atoms with Crippen molar-refractivity contribution in [2.75, 3.05) is 19.6 Å². The molecular formula is C20H24F2N4O. The van der Waals surface area contributed by atoms with Crippen LogP contribution in [0, 0.1) is 18.6 Å². The lowest BCUT2D eigenvalue weighted by Gasteiger charge is -2.12. The van der Waals surface area contributed by atoms with Gasteiger partial charge in [-0.1, -0.05) is 18.2 Å². The minimum Gasteiger partial charge on any atom is -0.357 e. The quantitative estimate of drug-likeness (QED) is 0.397. The average molecular weight is 374 g/mol. The lowest BCUT2D eigenvalue weighted by atomic mass is 10.1. The minimum absolute atomic E-state index is 0.282. The van der Waals surface area contributed by atoms with Crippen LogP contribution in [0.4, 0.5) is 8.78 Å². The van der Waals surface area contributed by atoms with Gasteiger partial charge in [-0.25, -0.2) is 13.8 Å². The van der Waals surface area contributed by atoms with Gasteiger partial charge in [-0.15, -0.1) is 0 Å². The van der Waals surface area contributed by atoms with Gasteiger partial charge in [0.2, 0.25) is 0 Å². The molecular weight excluding hydrogens is 350 g/mol. The molecule has 144 valence electrons. The molecule has 0 spiro atoms. The fraction of sp³-hybridized carbons (Fsp3) is 0.300. The number of amides is 1. The summed E-state index contributed by atoms with van der Waals surface area (Å²) < 4.78 is 26.7. The monoisotopic (exact) mass is 374 g/mol. The van der Waals surface area contributed by atoms with Crippen LogP contribution in [0.2, 0.25) is 0 Å². The Kier molecular flexibility index (Phi) is 7.73. The molecule has 0 heterocycles. The normalized spacial score (nSPS) is 11.2. The zero-order valence-corrected chi connectivity index (χ0v) is 15.5. The van der Waals surface area contributed by atoms with Crippen molar-refractivity contribution in [1.29, 1.82) is 0 Å². The van der Waals surface area contributed by atoms with E-state index in [2.05, 4.69) is 20.9 Å². The second-order valence-corrected chi connectivity index (χ2v) is 5.97. The molecule has 2 aromatic rings. The average Bonchev–Trinajstić information content (AvgIpc) is 2.65. The van der Waals surface area contributed by atoms with E-state index in [0.29, 0.717) is 37.7 Å². The Morgan fingerprint density at radius 2 is 1.81 bits per heavy atom. The first-order valence-corrected chi connectivity index (χ1v) is 8.80. The summed E-state index contributed by atoms with van der Waals surface area (Å²) in [5.41, 5.74) is 1.55. The lowest BCUT2D eigenvalue weighted by Crippen LogP contribution is -2.41. The van der Waals surface area contributed by atoms with Crippen molar-refractivity contribution < 1.29 is 13.6 Å². The fourth-order valence-corrected chi connectivity index (χ4v) is 2.34. The highest BCUT2D eigenvalue weighted by molar-refractivity contribution is 5.94. The van der Waals surface area contributed by atoms with E-state index in [9.17, 15) is 13.6 Å². The molecule has 0 aliphatic heterocycles. The second kappa shape index (κ2) is 10.3. The van der Waals surface area contributed by atoms with Gasteiger partial charge in [0.15, 0.2) is 5.96 Å². The lowest BCUT2D eigenvalue weighted by molar-refractivity contribution is 0.0954. The maximum atomic E-state index is 13.5. The molecule has 7 heteroatoms. The van der Waals surface area contributed by atoms with E-state index in [-0.39, 0.29) is 17.3 Å². The van der Waals surface area contributed by atoms with Gasteiger partial charge in [0, 0.05) is 25.2 Å². The molecule has 0 atom stereocenters. The van der Waals surface area contributed by atoms with E-state index in [1.54, 1.807) is 31.2 Å². The molecule has 2 rings (SSSR count). The summed E-state index contributed by atoms with van der Waals surface area (Å²) in [7, 11) is 0. The number of halogens is 2. The van der Waals surface area contributed by atoms with Crippen molar-refractivity contribution >= 4 is 11.9 Å². The number of hydrogen-bond donors (Lipinski definition) is 3. The van der Waals surface area contributed by atoms with Crippen molar-refractivity contribution in [3.8, 4) is 0 Å². The highest BCUT2D eigenvalue weighted by Crippen LogP contribution is 2.09. The molecule has 0 radical (unpaired) electrons. The van der Waals surface area contributed by atoms with Crippen molar-refractivity contribution in [1.82, 2.24) is 16.0 Å². The third-order valence-corrected chi connectivity index (χ3v) is 3.79. The predicted octanol–water partition coefficient (Wildman–Crippen LogP) is 2.76. The van der Waals surface area contributed by atoms with E-state index < -0.39 is 5.82 Å². The summed E-state index contributed by atoms with van der Waals surface area (Å²) in [6.45, 7) is 5.37. The Hall–Kier alpha value is -2.96. The largest absolute Gasteiger partial charge is 0.357 e. The van der Waals surface area contributed by atoms with Crippen LogP contribution in [0.25, 0.3) is 0 Å². The molecule has 5 nitrogen and oxygen atoms in total. The van der Waals surface area contributed by atoms with Gasteiger partial charge in [-0.3, -0.25) is 4.79 Å². The van der Waals surface area contributed by atoms with Crippen LogP contribution in [0.1, 0.15) is 28.4 Å². The van der Waals surface area contributed by atoms with E-state index in [1.165, 1.54) is 18.2 Å². The highest BCUT2D eigenvalue weighted by atomic mass is 19.1. The Labute approximate surface area is 157 Å². The molecule has 0 saturated heterocycles. The molecule has 2 aromatic carbocycles. The van der Waals surface area contributed by atoms with Crippen LogP contribution >= 0.6 is 0 Å². The summed E-state index contributed by atoms with van der Waals surface area (Å²) in [5.74, 6) is -0.467. The molecule has 1 amide bonds. The molecule has 0 aromatic heterocycles. The minimum atomic E-state index is -0.403. The van der Waals surface area contributed by atoms with Gasteiger partial charge < -0.3 is 16.0 Å². The molecule has 0 unspecified atom stereocenters. The number of nitrogens with zero attached hydrogens (tertiary/aromatic N) is 1. The van der Waals surface area contributed by atoms with E-state index in [1.807, 2.05) is 6.92 Å². The second-order valence-electron chi connectivity index (χ2n) is 5.97. The molecule has 0 bridgehead atoms. The number of aryl methyl sites for hydroxylation is 1. The number of carbonyl (C=O) groups is 1. The number of benzene rings is 2. The standard InChI is InChI=1S/C20H24F2N4O/c1-3-23-20(26-13-15-5-4-6-17(21)11-15)25-10-9-24-19(27)16-8-7-14(2)18(22)12-16/h4-8,11-12H,3,9-10,13H2,1-2H3,(H,24,27)(H2,23,25,26). The number of rotatable bonds is 7. The Balaban J connectivity index is 1.82. The van der Waals surface area contributed by atoms with E-state index in [4.69, 9.17) is 0 Å². The molecule has 0 saturated carbocycles. The first-order chi connectivity index (χ1) is 13.0. The first kappa shape index (κ1) is 20.4. The number of nitrogens with one attached hydrogen (secondary N) is 3. The van der Waals surface area contributed by atoms with Gasteiger partial charge in [0.25, 0.3) is 5.91 Å². The molecule has 0 fully saturated rings. The topological polar surface area (TPSA) is 65.5 Å². The van der Waals surface area contributed by atoms with Gasteiger partial charge in [0.1, 0.15) is 11.6 Å². The third-order valence-electron chi connectivity index (χ3n) is 3.79. The third kappa shape index (κ3) is 6.69. The highest BCUT2D eigenvalue weighted by Gasteiger charge is 2.07. The summed E-state index contributed by atoms with van der Waals surface area (Å²) in [6, 6.07) is 10.7. The van der Waals surface area contributed by atoms with Gasteiger partial charge in [0.05, 0.1) is 6.54 Å². The van der Waals surface area contributed by atoms with Crippen LogP contribution in [0.5, 0.6) is 0 Å². The number of aliphatic imine (C=N–C) groups is 1. The zero-order chi connectivity index (χ0) is 19.6. The summed E-state index contributed by atoms with van der Waals surface area (Å²) in [5, 5.41) is 8.90. The van der Waals surface area contributed by atoms with Crippen LogP contribution in [0.3, 0.4) is 0 Å². The summed E-state index contributed by atoms with van der Waals surface area (Å²) in [4.78, 5) is 16.4. The molecule has 27 heavy (non-hydrogen) atoms. The SMILES string of the molecule is CCNC(=NCc1cccc(F)c1)NCCNC(=O)c1ccc(C)c(F)c1. The van der Waals surface area contributed by atoms with Crippen LogP contribution in [-0.4, -0.2) is 31.5 Å². The van der Waals surface area contributed by atoms with Gasteiger partial charge in [-0.2, -0.15) is 0 Å². The molecule has 0 aliphatic carbocycles. The van der Waals surface area contributed by atoms with Crippen molar-refractivity contribution in [2.45, 2.75) is 20.4 Å². The molecule has 3 N–H and O–H groups in total. The van der Waals surface area contributed by atoms with Gasteiger partial charge in [-0.05, 0) is 49.2 Å². The summed E-state index contributed by atoms with van der Waals surface area (Å²) in [6.07, 6.45) is 0. The van der Waals surface area contributed by atoms with Crippen molar-refractivity contribution in [3.05, 3.63) is 70.8 Å². The maximum Gasteiger partial charge on any atom is 0.251 e. The van der Waals surface area contributed by atoms with E-state index in [0.717, 1.165) is 5.56 Å².